The first-order valence-electron chi connectivity index (χ1n) is 10.2. The smallest absolute Gasteiger partial charge is 0.191 e. The van der Waals surface area contributed by atoms with Gasteiger partial charge in [0.25, 0.3) is 0 Å². The van der Waals surface area contributed by atoms with E-state index in [1.165, 1.54) is 24.1 Å². The number of rotatable bonds is 7. The van der Waals surface area contributed by atoms with Crippen molar-refractivity contribution in [2.75, 3.05) is 26.7 Å². The highest BCUT2D eigenvalue weighted by atomic mass is 16.3. The normalized spacial score (nSPS) is 17.7. The first kappa shape index (κ1) is 20.5. The second-order valence-electron chi connectivity index (χ2n) is 7.75. The van der Waals surface area contributed by atoms with Crippen molar-refractivity contribution in [3.05, 3.63) is 41.1 Å². The second kappa shape index (κ2) is 9.28. The van der Waals surface area contributed by atoms with Gasteiger partial charge in [0.05, 0.1) is 18.0 Å². The molecule has 154 valence electrons. The van der Waals surface area contributed by atoms with E-state index in [4.69, 9.17) is 4.42 Å². The molecule has 7 nitrogen and oxygen atoms in total. The largest absolute Gasteiger partial charge is 0.468 e. The molecule has 0 saturated carbocycles. The highest BCUT2D eigenvalue weighted by molar-refractivity contribution is 5.80. The van der Waals surface area contributed by atoms with Crippen LogP contribution >= 0.6 is 0 Å². The van der Waals surface area contributed by atoms with Crippen LogP contribution in [0, 0.1) is 13.8 Å². The summed E-state index contributed by atoms with van der Waals surface area (Å²) in [6.07, 6.45) is 5.18. The van der Waals surface area contributed by atoms with E-state index in [1.807, 2.05) is 24.8 Å². The molecular weight excluding hydrogens is 352 g/mol. The van der Waals surface area contributed by atoms with Crippen LogP contribution in [0.1, 0.15) is 48.5 Å². The van der Waals surface area contributed by atoms with Crippen LogP contribution in [0.5, 0.6) is 0 Å². The molecule has 28 heavy (non-hydrogen) atoms. The maximum absolute atomic E-state index is 5.71. The van der Waals surface area contributed by atoms with Crippen molar-refractivity contribution in [2.24, 2.45) is 12.0 Å². The zero-order valence-electron chi connectivity index (χ0n) is 17.8. The van der Waals surface area contributed by atoms with Crippen molar-refractivity contribution in [1.29, 1.82) is 0 Å². The summed E-state index contributed by atoms with van der Waals surface area (Å²) in [5.41, 5.74) is 3.63. The number of hydrogen-bond acceptors (Lipinski definition) is 4. The van der Waals surface area contributed by atoms with Gasteiger partial charge in [0, 0.05) is 32.4 Å². The van der Waals surface area contributed by atoms with Gasteiger partial charge in [0.1, 0.15) is 5.76 Å². The van der Waals surface area contributed by atoms with Crippen LogP contribution < -0.4 is 10.6 Å². The quantitative estimate of drug-likeness (QED) is 0.565. The Bertz CT molecular complexity index is 773. The fraction of sp³-hybridized carbons (Fsp3) is 0.619. The second-order valence-corrected chi connectivity index (χ2v) is 7.75. The van der Waals surface area contributed by atoms with Crippen molar-refractivity contribution in [3.63, 3.8) is 0 Å². The van der Waals surface area contributed by atoms with Gasteiger partial charge in [-0.25, -0.2) is 0 Å². The van der Waals surface area contributed by atoms with Gasteiger partial charge in [0.2, 0.25) is 0 Å². The highest BCUT2D eigenvalue weighted by Crippen LogP contribution is 2.24. The number of likely N-dealkylation sites (tertiary alicyclic amines) is 1. The fourth-order valence-electron chi connectivity index (χ4n) is 4.04. The number of hydrogen-bond donors (Lipinski definition) is 2. The van der Waals surface area contributed by atoms with Crippen molar-refractivity contribution in [2.45, 2.75) is 52.1 Å². The summed E-state index contributed by atoms with van der Waals surface area (Å²) in [6.45, 7) is 9.39. The van der Waals surface area contributed by atoms with Crippen LogP contribution in [0.15, 0.2) is 27.8 Å². The maximum atomic E-state index is 5.71. The number of aromatic nitrogens is 2. The maximum Gasteiger partial charge on any atom is 0.191 e. The number of furan rings is 1. The first-order valence-corrected chi connectivity index (χ1v) is 10.2. The topological polar surface area (TPSA) is 70.6 Å². The van der Waals surface area contributed by atoms with E-state index in [-0.39, 0.29) is 12.1 Å². The Morgan fingerprint density at radius 1 is 1.32 bits per heavy atom. The molecule has 0 bridgehead atoms. The van der Waals surface area contributed by atoms with Crippen molar-refractivity contribution in [3.8, 4) is 0 Å². The summed E-state index contributed by atoms with van der Waals surface area (Å²) in [4.78, 5) is 6.92. The van der Waals surface area contributed by atoms with Gasteiger partial charge in [-0.05, 0) is 70.8 Å². The van der Waals surface area contributed by atoms with Crippen molar-refractivity contribution < 1.29 is 4.42 Å². The zero-order valence-corrected chi connectivity index (χ0v) is 17.8. The lowest BCUT2D eigenvalue weighted by atomic mass is 10.1. The molecule has 0 aliphatic carbocycles. The van der Waals surface area contributed by atoms with Gasteiger partial charge in [-0.3, -0.25) is 14.6 Å². The molecule has 0 radical (unpaired) electrons. The molecule has 1 aliphatic rings. The highest BCUT2D eigenvalue weighted by Gasteiger charge is 2.25. The van der Waals surface area contributed by atoms with Gasteiger partial charge in [-0.2, -0.15) is 5.10 Å². The van der Waals surface area contributed by atoms with Crippen LogP contribution in [-0.2, 0) is 13.5 Å². The number of nitrogens with one attached hydrogen (secondary N) is 2. The Hall–Kier alpha value is -2.28. The van der Waals surface area contributed by atoms with Crippen LogP contribution in [0.2, 0.25) is 0 Å². The summed E-state index contributed by atoms with van der Waals surface area (Å²) in [7, 11) is 3.82. The minimum absolute atomic E-state index is 0.231. The van der Waals surface area contributed by atoms with Crippen LogP contribution in [0.25, 0.3) is 0 Å². The molecule has 2 N–H and O–H groups in total. The summed E-state index contributed by atoms with van der Waals surface area (Å²) >= 11 is 0. The molecule has 1 aliphatic heterocycles. The van der Waals surface area contributed by atoms with Gasteiger partial charge in [-0.1, -0.05) is 0 Å². The standard InChI is InChI=1S/C21H34N6O/c1-15(13-18-16(2)25-26(5)17(18)3)24-21(22-4)23-14-19(20-9-8-12-28-20)27-10-6-7-11-27/h8-9,12,15,19H,6-7,10-11,13-14H2,1-5H3,(H2,22,23,24). The van der Waals surface area contributed by atoms with E-state index in [2.05, 4.69) is 52.5 Å². The van der Waals surface area contributed by atoms with Crippen LogP contribution in [-0.4, -0.2) is 53.4 Å². The minimum Gasteiger partial charge on any atom is -0.468 e. The number of aliphatic imine (C=N–C) groups is 1. The molecule has 0 aromatic carbocycles. The third-order valence-corrected chi connectivity index (χ3v) is 5.69. The third kappa shape index (κ3) is 4.76. The number of guanidine groups is 1. The molecule has 3 rings (SSSR count). The Balaban J connectivity index is 1.58. The molecule has 7 heteroatoms. The fourth-order valence-corrected chi connectivity index (χ4v) is 4.04. The summed E-state index contributed by atoms with van der Waals surface area (Å²) in [6, 6.07) is 4.51. The minimum atomic E-state index is 0.231. The van der Waals surface area contributed by atoms with Crippen molar-refractivity contribution >= 4 is 5.96 Å². The number of aryl methyl sites for hydroxylation is 2. The lowest BCUT2D eigenvalue weighted by Crippen LogP contribution is -2.46. The lowest BCUT2D eigenvalue weighted by molar-refractivity contribution is 0.215. The zero-order chi connectivity index (χ0) is 20.1. The molecular formula is C21H34N6O. The Labute approximate surface area is 168 Å². The van der Waals surface area contributed by atoms with Gasteiger partial charge < -0.3 is 15.1 Å². The monoisotopic (exact) mass is 386 g/mol. The van der Waals surface area contributed by atoms with E-state index in [0.717, 1.165) is 43.5 Å². The van der Waals surface area contributed by atoms with E-state index < -0.39 is 0 Å². The average molecular weight is 387 g/mol. The molecule has 2 aromatic heterocycles. The van der Waals surface area contributed by atoms with E-state index in [0.29, 0.717) is 0 Å². The molecule has 1 saturated heterocycles. The van der Waals surface area contributed by atoms with Crippen LogP contribution in [0.4, 0.5) is 0 Å². The molecule has 1 fully saturated rings. The molecule has 2 atom stereocenters. The Morgan fingerprint density at radius 2 is 2.07 bits per heavy atom. The van der Waals surface area contributed by atoms with E-state index in [1.54, 1.807) is 6.26 Å². The Morgan fingerprint density at radius 3 is 2.64 bits per heavy atom. The van der Waals surface area contributed by atoms with E-state index in [9.17, 15) is 0 Å². The average Bonchev–Trinajstić information content (AvgIpc) is 3.42. The molecule has 0 amide bonds. The molecule has 2 aromatic rings. The van der Waals surface area contributed by atoms with Gasteiger partial charge in [0.15, 0.2) is 5.96 Å². The summed E-state index contributed by atoms with van der Waals surface area (Å²) in [5.74, 6) is 1.84. The van der Waals surface area contributed by atoms with Crippen LogP contribution in [0.3, 0.4) is 0 Å². The summed E-state index contributed by atoms with van der Waals surface area (Å²) in [5, 5.41) is 11.5. The predicted octanol–water partition coefficient (Wildman–Crippen LogP) is 2.56. The molecule has 2 unspecified atom stereocenters. The lowest BCUT2D eigenvalue weighted by Gasteiger charge is -2.27. The SMILES string of the molecule is CN=C(NCC(c1ccco1)N1CCCC1)NC(C)Cc1c(C)nn(C)c1C. The molecule has 0 spiro atoms. The predicted molar refractivity (Wildman–Crippen MR) is 113 cm³/mol. The molecule has 3 heterocycles. The van der Waals surface area contributed by atoms with Gasteiger partial charge in [-0.15, -0.1) is 0 Å². The first-order chi connectivity index (χ1) is 13.5. The number of nitrogens with zero attached hydrogens (tertiary/aromatic N) is 4. The van der Waals surface area contributed by atoms with Crippen molar-refractivity contribution in [1.82, 2.24) is 25.3 Å². The van der Waals surface area contributed by atoms with Gasteiger partial charge >= 0.3 is 0 Å². The summed E-state index contributed by atoms with van der Waals surface area (Å²) < 4.78 is 7.66. The third-order valence-electron chi connectivity index (χ3n) is 5.69. The Kier molecular flexibility index (Phi) is 6.78. The van der Waals surface area contributed by atoms with E-state index >= 15 is 0 Å².